The van der Waals surface area contributed by atoms with Crippen LogP contribution in [0, 0.1) is 11.8 Å². The summed E-state index contributed by atoms with van der Waals surface area (Å²) in [4.78, 5) is 0. The molecule has 0 amide bonds. The minimum absolute atomic E-state index is 0.350. The average Bonchev–Trinajstić information content (AvgIpc) is 3.02. The molecule has 0 radical (unpaired) electrons. The van der Waals surface area contributed by atoms with Crippen LogP contribution >= 0.6 is 0 Å². The zero-order chi connectivity index (χ0) is 12.3. The Kier molecular flexibility index (Phi) is 4.06. The predicted octanol–water partition coefficient (Wildman–Crippen LogP) is 2.96. The van der Waals surface area contributed by atoms with Crippen LogP contribution < -0.4 is 5.32 Å². The first-order valence-corrected chi connectivity index (χ1v) is 6.66. The van der Waals surface area contributed by atoms with Crippen molar-refractivity contribution in [2.24, 2.45) is 11.8 Å². The minimum Gasteiger partial charge on any atom is -0.508 e. The lowest BCUT2D eigenvalue weighted by molar-refractivity contribution is 0.474. The fourth-order valence-electron chi connectivity index (χ4n) is 2.18. The van der Waals surface area contributed by atoms with Crippen molar-refractivity contribution >= 4 is 0 Å². The van der Waals surface area contributed by atoms with Crippen LogP contribution in [0.3, 0.4) is 0 Å². The molecule has 0 spiro atoms. The molecule has 0 saturated heterocycles. The first-order valence-electron chi connectivity index (χ1n) is 6.66. The van der Waals surface area contributed by atoms with Gasteiger partial charge in [-0.1, -0.05) is 19.1 Å². The highest BCUT2D eigenvalue weighted by atomic mass is 16.3. The molecule has 1 aliphatic carbocycles. The van der Waals surface area contributed by atoms with Gasteiger partial charge in [0.05, 0.1) is 0 Å². The summed E-state index contributed by atoms with van der Waals surface area (Å²) in [6, 6.07) is 8.12. The second-order valence-electron chi connectivity index (χ2n) is 5.49. The van der Waals surface area contributed by atoms with Crippen LogP contribution in [-0.2, 0) is 6.42 Å². The maximum atomic E-state index is 9.20. The summed E-state index contributed by atoms with van der Waals surface area (Å²) in [5.74, 6) is 2.21. The third-order valence-electron chi connectivity index (χ3n) is 3.81. The number of phenols is 1. The number of rotatable bonds is 6. The van der Waals surface area contributed by atoms with Crippen molar-refractivity contribution in [1.82, 2.24) is 5.32 Å². The van der Waals surface area contributed by atoms with Crippen molar-refractivity contribution < 1.29 is 5.11 Å². The Labute approximate surface area is 104 Å². The predicted molar refractivity (Wildman–Crippen MR) is 71.2 cm³/mol. The van der Waals surface area contributed by atoms with Gasteiger partial charge in [-0.3, -0.25) is 0 Å². The second-order valence-corrected chi connectivity index (χ2v) is 5.49. The molecule has 1 aromatic carbocycles. The molecule has 2 nitrogen and oxygen atoms in total. The number of hydrogen-bond acceptors (Lipinski definition) is 2. The SMILES string of the molecule is CC(CCc1ccc(O)cc1)NCC1CC1C. The molecule has 0 heterocycles. The Balaban J connectivity index is 1.65. The Morgan fingerprint density at radius 2 is 2.00 bits per heavy atom. The van der Waals surface area contributed by atoms with E-state index in [0.29, 0.717) is 11.8 Å². The first kappa shape index (κ1) is 12.4. The fraction of sp³-hybridized carbons (Fsp3) is 0.600. The lowest BCUT2D eigenvalue weighted by Gasteiger charge is -2.13. The van der Waals surface area contributed by atoms with Crippen LogP contribution in [0.15, 0.2) is 24.3 Å². The van der Waals surface area contributed by atoms with E-state index in [2.05, 4.69) is 19.2 Å². The molecule has 0 aromatic heterocycles. The van der Waals surface area contributed by atoms with Gasteiger partial charge in [-0.15, -0.1) is 0 Å². The number of aryl methyl sites for hydroxylation is 1. The Morgan fingerprint density at radius 1 is 1.35 bits per heavy atom. The van der Waals surface area contributed by atoms with Gasteiger partial charge >= 0.3 is 0 Å². The van der Waals surface area contributed by atoms with E-state index in [1.54, 1.807) is 12.1 Å². The molecule has 1 aliphatic rings. The molecule has 2 rings (SSSR count). The first-order chi connectivity index (χ1) is 8.15. The highest BCUT2D eigenvalue weighted by molar-refractivity contribution is 5.25. The quantitative estimate of drug-likeness (QED) is 0.791. The van der Waals surface area contributed by atoms with Gasteiger partial charge in [0.1, 0.15) is 5.75 Å². The Morgan fingerprint density at radius 3 is 2.59 bits per heavy atom. The number of benzene rings is 1. The monoisotopic (exact) mass is 233 g/mol. The maximum absolute atomic E-state index is 9.20. The van der Waals surface area contributed by atoms with Gasteiger partial charge < -0.3 is 10.4 Å². The molecule has 3 atom stereocenters. The third kappa shape index (κ3) is 4.04. The highest BCUT2D eigenvalue weighted by Crippen LogP contribution is 2.36. The van der Waals surface area contributed by atoms with E-state index in [4.69, 9.17) is 0 Å². The fourth-order valence-corrected chi connectivity index (χ4v) is 2.18. The van der Waals surface area contributed by atoms with Crippen LogP contribution in [0.2, 0.25) is 0 Å². The minimum atomic E-state index is 0.350. The van der Waals surface area contributed by atoms with E-state index in [0.717, 1.165) is 24.7 Å². The molecule has 1 fully saturated rings. The summed E-state index contributed by atoms with van der Waals surface area (Å²) >= 11 is 0. The summed E-state index contributed by atoms with van der Waals surface area (Å²) in [6.45, 7) is 5.76. The molecule has 1 aromatic rings. The van der Waals surface area contributed by atoms with Crippen LogP contribution in [0.4, 0.5) is 0 Å². The summed E-state index contributed by atoms with van der Waals surface area (Å²) in [5.41, 5.74) is 1.30. The summed E-state index contributed by atoms with van der Waals surface area (Å²) in [7, 11) is 0. The van der Waals surface area contributed by atoms with E-state index in [1.165, 1.54) is 18.5 Å². The molecule has 94 valence electrons. The van der Waals surface area contributed by atoms with Gasteiger partial charge in [0, 0.05) is 6.04 Å². The molecule has 2 N–H and O–H groups in total. The van der Waals surface area contributed by atoms with Gasteiger partial charge in [0.25, 0.3) is 0 Å². The molecule has 1 saturated carbocycles. The number of phenolic OH excluding ortho intramolecular Hbond substituents is 1. The maximum Gasteiger partial charge on any atom is 0.115 e. The van der Waals surface area contributed by atoms with Gasteiger partial charge in [0.15, 0.2) is 0 Å². The molecule has 17 heavy (non-hydrogen) atoms. The van der Waals surface area contributed by atoms with Crippen LogP contribution in [0.1, 0.15) is 32.3 Å². The lowest BCUT2D eigenvalue weighted by Crippen LogP contribution is -2.28. The lowest BCUT2D eigenvalue weighted by atomic mass is 10.1. The van der Waals surface area contributed by atoms with Crippen molar-refractivity contribution in [3.63, 3.8) is 0 Å². The largest absolute Gasteiger partial charge is 0.508 e. The van der Waals surface area contributed by atoms with Crippen molar-refractivity contribution in [1.29, 1.82) is 0 Å². The van der Waals surface area contributed by atoms with Gasteiger partial charge in [0.2, 0.25) is 0 Å². The normalized spacial score (nSPS) is 24.6. The summed E-state index contributed by atoms with van der Waals surface area (Å²) < 4.78 is 0. The van der Waals surface area contributed by atoms with Crippen molar-refractivity contribution in [2.45, 2.75) is 39.2 Å². The molecular weight excluding hydrogens is 210 g/mol. The average molecular weight is 233 g/mol. The van der Waals surface area contributed by atoms with Crippen molar-refractivity contribution in [3.05, 3.63) is 29.8 Å². The van der Waals surface area contributed by atoms with Gasteiger partial charge in [-0.25, -0.2) is 0 Å². The van der Waals surface area contributed by atoms with Crippen molar-refractivity contribution in [3.8, 4) is 5.75 Å². The van der Waals surface area contributed by atoms with Gasteiger partial charge in [-0.05, 0) is 62.3 Å². The van der Waals surface area contributed by atoms with Gasteiger partial charge in [-0.2, -0.15) is 0 Å². The standard InChI is InChI=1S/C15H23NO/c1-11-9-14(11)10-16-12(2)3-4-13-5-7-15(17)8-6-13/h5-8,11-12,14,16-17H,3-4,9-10H2,1-2H3. The van der Waals surface area contributed by atoms with E-state index >= 15 is 0 Å². The molecule has 0 bridgehead atoms. The van der Waals surface area contributed by atoms with Crippen LogP contribution in [0.25, 0.3) is 0 Å². The second kappa shape index (κ2) is 5.54. The molecular formula is C15H23NO. The molecule has 3 unspecified atom stereocenters. The Hall–Kier alpha value is -1.02. The third-order valence-corrected chi connectivity index (χ3v) is 3.81. The summed E-state index contributed by atoms with van der Waals surface area (Å²) in [5, 5.41) is 12.8. The van der Waals surface area contributed by atoms with E-state index in [1.807, 2.05) is 12.1 Å². The molecule has 0 aliphatic heterocycles. The van der Waals surface area contributed by atoms with E-state index < -0.39 is 0 Å². The van der Waals surface area contributed by atoms with E-state index in [9.17, 15) is 5.11 Å². The highest BCUT2D eigenvalue weighted by Gasteiger charge is 2.31. The zero-order valence-corrected chi connectivity index (χ0v) is 10.8. The van der Waals surface area contributed by atoms with E-state index in [-0.39, 0.29) is 0 Å². The van der Waals surface area contributed by atoms with Crippen LogP contribution in [-0.4, -0.2) is 17.7 Å². The number of aromatic hydroxyl groups is 1. The Bertz CT molecular complexity index is 346. The van der Waals surface area contributed by atoms with Crippen molar-refractivity contribution in [2.75, 3.05) is 6.54 Å². The number of nitrogens with one attached hydrogen (secondary N) is 1. The van der Waals surface area contributed by atoms with Crippen LogP contribution in [0.5, 0.6) is 5.75 Å². The zero-order valence-electron chi connectivity index (χ0n) is 10.8. The summed E-state index contributed by atoms with van der Waals surface area (Å²) in [6.07, 6.45) is 3.64. The number of hydrogen-bond donors (Lipinski definition) is 2. The smallest absolute Gasteiger partial charge is 0.115 e. The topological polar surface area (TPSA) is 32.3 Å². The molecule has 2 heteroatoms.